The van der Waals surface area contributed by atoms with Crippen LogP contribution >= 0.6 is 11.6 Å². The predicted octanol–water partition coefficient (Wildman–Crippen LogP) is 3.78. The maximum Gasteiger partial charge on any atom is 0.253 e. The van der Waals surface area contributed by atoms with Crippen LogP contribution in [0.3, 0.4) is 0 Å². The van der Waals surface area contributed by atoms with Crippen molar-refractivity contribution in [3.05, 3.63) is 75.0 Å². The van der Waals surface area contributed by atoms with Crippen molar-refractivity contribution < 1.29 is 4.39 Å². The van der Waals surface area contributed by atoms with Crippen molar-refractivity contribution in [3.63, 3.8) is 0 Å². The molecule has 1 atom stereocenters. The summed E-state index contributed by atoms with van der Waals surface area (Å²) < 4.78 is 15.2. The van der Waals surface area contributed by atoms with Gasteiger partial charge >= 0.3 is 0 Å². The molecule has 0 spiro atoms. The zero-order chi connectivity index (χ0) is 19.8. The van der Waals surface area contributed by atoms with E-state index in [2.05, 4.69) is 25.8 Å². The number of anilines is 1. The lowest BCUT2D eigenvalue weighted by Gasteiger charge is -2.16. The minimum absolute atomic E-state index is 0.00984. The van der Waals surface area contributed by atoms with E-state index >= 15 is 0 Å². The van der Waals surface area contributed by atoms with E-state index in [1.54, 1.807) is 10.7 Å². The van der Waals surface area contributed by atoms with Crippen molar-refractivity contribution in [3.8, 4) is 5.69 Å². The van der Waals surface area contributed by atoms with Crippen molar-refractivity contribution in [1.29, 1.82) is 0 Å². The molecule has 0 fully saturated rings. The molecule has 2 N–H and O–H groups in total. The molecule has 0 aliphatic carbocycles. The summed E-state index contributed by atoms with van der Waals surface area (Å²) in [6.45, 7) is 3.68. The number of aryl methyl sites for hydroxylation is 1. The van der Waals surface area contributed by atoms with Crippen molar-refractivity contribution >= 4 is 28.2 Å². The van der Waals surface area contributed by atoms with Crippen molar-refractivity contribution in [2.24, 2.45) is 0 Å². The Balaban J connectivity index is 1.66. The lowest BCUT2D eigenvalue weighted by atomic mass is 10.1. The Morgan fingerprint density at radius 2 is 2.07 bits per heavy atom. The molecule has 2 heterocycles. The number of nitrogens with zero attached hydrogens (tertiary/aromatic N) is 4. The van der Waals surface area contributed by atoms with Crippen molar-refractivity contribution in [2.45, 2.75) is 19.9 Å². The standard InChI is InChI=1S/C19H16ClFN6O/c1-10(15-6-12-7-16(20)17(21)9-18(12)23-19(15)28)22-13-4-3-5-14(8-13)27-11(2)24-25-26-27/h3-10,22H,1-2H3,(H,23,28). The van der Waals surface area contributed by atoms with Crippen molar-refractivity contribution in [2.75, 3.05) is 5.32 Å². The zero-order valence-electron chi connectivity index (χ0n) is 15.1. The van der Waals surface area contributed by atoms with Gasteiger partial charge in [0.15, 0.2) is 5.82 Å². The summed E-state index contributed by atoms with van der Waals surface area (Å²) in [7, 11) is 0. The van der Waals surface area contributed by atoms with Gasteiger partial charge in [-0.05, 0) is 60.7 Å². The highest BCUT2D eigenvalue weighted by Gasteiger charge is 2.13. The van der Waals surface area contributed by atoms with E-state index in [0.29, 0.717) is 22.3 Å². The van der Waals surface area contributed by atoms with Gasteiger partial charge in [-0.1, -0.05) is 17.7 Å². The third-order valence-electron chi connectivity index (χ3n) is 4.48. The molecule has 9 heteroatoms. The number of hydrogen-bond acceptors (Lipinski definition) is 5. The average molecular weight is 399 g/mol. The maximum absolute atomic E-state index is 13.6. The highest BCUT2D eigenvalue weighted by Crippen LogP contribution is 2.24. The number of nitrogens with one attached hydrogen (secondary N) is 2. The number of fused-ring (bicyclic) bond motifs is 1. The van der Waals surface area contributed by atoms with Crippen LogP contribution in [0.25, 0.3) is 16.6 Å². The zero-order valence-corrected chi connectivity index (χ0v) is 15.8. The van der Waals surface area contributed by atoms with E-state index in [9.17, 15) is 9.18 Å². The lowest BCUT2D eigenvalue weighted by Crippen LogP contribution is -2.19. The SMILES string of the molecule is Cc1nnnn1-c1cccc(NC(C)c2cc3cc(Cl)c(F)cc3[nH]c2=O)c1. The third kappa shape index (κ3) is 3.34. The Labute approximate surface area is 164 Å². The summed E-state index contributed by atoms with van der Waals surface area (Å²) in [4.78, 5) is 15.2. The van der Waals surface area contributed by atoms with E-state index in [-0.39, 0.29) is 16.6 Å². The Hall–Kier alpha value is -3.26. The molecule has 4 rings (SSSR count). The second-order valence-corrected chi connectivity index (χ2v) is 6.87. The largest absolute Gasteiger partial charge is 0.378 e. The summed E-state index contributed by atoms with van der Waals surface area (Å²) in [6.07, 6.45) is 0. The molecular weight excluding hydrogens is 383 g/mol. The van der Waals surface area contributed by atoms with Crippen LogP contribution in [0.5, 0.6) is 0 Å². The van der Waals surface area contributed by atoms with Gasteiger partial charge in [0.25, 0.3) is 5.56 Å². The van der Waals surface area contributed by atoms with Crippen LogP contribution in [0.4, 0.5) is 10.1 Å². The molecule has 28 heavy (non-hydrogen) atoms. The maximum atomic E-state index is 13.6. The number of halogens is 2. The third-order valence-corrected chi connectivity index (χ3v) is 4.77. The molecule has 0 bridgehead atoms. The average Bonchev–Trinajstić information content (AvgIpc) is 3.09. The Bertz CT molecular complexity index is 1230. The van der Waals surface area contributed by atoms with E-state index in [4.69, 9.17) is 11.6 Å². The first-order valence-corrected chi connectivity index (χ1v) is 8.94. The number of aromatic amines is 1. The van der Waals surface area contributed by atoms with Gasteiger partial charge in [-0.15, -0.1) is 5.10 Å². The van der Waals surface area contributed by atoms with Gasteiger partial charge in [-0.2, -0.15) is 4.68 Å². The fraction of sp³-hybridized carbons (Fsp3) is 0.158. The number of tetrazole rings is 1. The normalized spacial score (nSPS) is 12.3. The number of rotatable bonds is 4. The molecular formula is C19H16ClFN6O. The fourth-order valence-electron chi connectivity index (χ4n) is 3.06. The van der Waals surface area contributed by atoms with E-state index in [1.165, 1.54) is 12.1 Å². The van der Waals surface area contributed by atoms with Gasteiger partial charge in [0.05, 0.1) is 22.3 Å². The molecule has 0 amide bonds. The topological polar surface area (TPSA) is 88.5 Å². The van der Waals surface area contributed by atoms with Gasteiger partial charge < -0.3 is 10.3 Å². The Kier molecular flexibility index (Phi) is 4.56. The number of pyridine rings is 1. The number of benzene rings is 2. The minimum atomic E-state index is -0.571. The van der Waals surface area contributed by atoms with Gasteiger partial charge in [0, 0.05) is 16.6 Å². The van der Waals surface area contributed by atoms with Gasteiger partial charge in [-0.25, -0.2) is 4.39 Å². The lowest BCUT2D eigenvalue weighted by molar-refractivity contribution is 0.629. The molecule has 0 saturated heterocycles. The van der Waals surface area contributed by atoms with Crippen LogP contribution < -0.4 is 10.9 Å². The monoisotopic (exact) mass is 398 g/mol. The van der Waals surface area contributed by atoms with E-state index < -0.39 is 5.82 Å². The van der Waals surface area contributed by atoms with Gasteiger partial charge in [0.1, 0.15) is 5.82 Å². The smallest absolute Gasteiger partial charge is 0.253 e. The summed E-state index contributed by atoms with van der Waals surface area (Å²) in [5.74, 6) is 0.0960. The molecule has 0 saturated carbocycles. The first kappa shape index (κ1) is 18.1. The highest BCUT2D eigenvalue weighted by molar-refractivity contribution is 6.31. The molecule has 1 unspecified atom stereocenters. The summed E-state index contributed by atoms with van der Waals surface area (Å²) in [5, 5.41) is 15.5. The number of H-pyrrole nitrogens is 1. The van der Waals surface area contributed by atoms with Gasteiger partial charge in [0.2, 0.25) is 0 Å². The number of hydrogen-bond donors (Lipinski definition) is 2. The highest BCUT2D eigenvalue weighted by atomic mass is 35.5. The molecule has 0 aliphatic heterocycles. The summed E-state index contributed by atoms with van der Waals surface area (Å²) in [5.41, 5.74) is 2.23. The first-order chi connectivity index (χ1) is 13.4. The van der Waals surface area contributed by atoms with Crippen LogP contribution in [0.1, 0.15) is 24.4 Å². The van der Waals surface area contributed by atoms with E-state index in [1.807, 2.05) is 38.1 Å². The van der Waals surface area contributed by atoms with Crippen LogP contribution in [0.15, 0.2) is 47.3 Å². The quantitative estimate of drug-likeness (QED) is 0.546. The van der Waals surface area contributed by atoms with Crippen LogP contribution in [0, 0.1) is 12.7 Å². The predicted molar refractivity (Wildman–Crippen MR) is 105 cm³/mol. The Morgan fingerprint density at radius 1 is 1.25 bits per heavy atom. The fourth-order valence-corrected chi connectivity index (χ4v) is 3.24. The molecule has 7 nitrogen and oxygen atoms in total. The Morgan fingerprint density at radius 3 is 2.82 bits per heavy atom. The molecule has 0 aliphatic rings. The molecule has 142 valence electrons. The molecule has 4 aromatic rings. The number of aromatic nitrogens is 5. The second kappa shape index (κ2) is 7.05. The molecule has 2 aromatic heterocycles. The van der Waals surface area contributed by atoms with Gasteiger partial charge in [-0.3, -0.25) is 4.79 Å². The summed E-state index contributed by atoms with van der Waals surface area (Å²) >= 11 is 5.87. The van der Waals surface area contributed by atoms with E-state index in [0.717, 1.165) is 11.4 Å². The summed E-state index contributed by atoms with van der Waals surface area (Å²) in [6, 6.07) is 11.7. The van der Waals surface area contributed by atoms with Crippen LogP contribution in [0.2, 0.25) is 5.02 Å². The van der Waals surface area contributed by atoms with Crippen LogP contribution in [-0.4, -0.2) is 25.2 Å². The minimum Gasteiger partial charge on any atom is -0.378 e. The van der Waals surface area contributed by atoms with Crippen LogP contribution in [-0.2, 0) is 0 Å². The molecule has 2 aromatic carbocycles. The van der Waals surface area contributed by atoms with Crippen molar-refractivity contribution in [1.82, 2.24) is 25.2 Å². The first-order valence-electron chi connectivity index (χ1n) is 8.56. The second-order valence-electron chi connectivity index (χ2n) is 6.46. The molecule has 0 radical (unpaired) electrons.